The molecule has 0 saturated heterocycles. The maximum absolute atomic E-state index is 12.3. The molecule has 1 N–H and O–H groups in total. The number of aromatic nitrogens is 1. The summed E-state index contributed by atoms with van der Waals surface area (Å²) in [5.74, 6) is -0.215. The van der Waals surface area contributed by atoms with Gasteiger partial charge in [-0.15, -0.1) is 11.3 Å². The number of hydrogen-bond acceptors (Lipinski definition) is 4. The molecule has 0 saturated carbocycles. The van der Waals surface area contributed by atoms with Gasteiger partial charge in [0.15, 0.2) is 0 Å². The molecule has 2 amide bonds. The van der Waals surface area contributed by atoms with Crippen molar-refractivity contribution in [3.8, 4) is 0 Å². The number of nitrogens with one attached hydrogen (secondary N) is 1. The predicted octanol–water partition coefficient (Wildman–Crippen LogP) is 4.33. The van der Waals surface area contributed by atoms with Gasteiger partial charge in [-0.1, -0.05) is 24.3 Å². The van der Waals surface area contributed by atoms with Gasteiger partial charge in [-0.05, 0) is 56.0 Å². The molecule has 0 fully saturated rings. The highest BCUT2D eigenvalue weighted by molar-refractivity contribution is 7.18. The van der Waals surface area contributed by atoms with Crippen molar-refractivity contribution in [2.24, 2.45) is 0 Å². The number of aryl methyl sites for hydroxylation is 2. The van der Waals surface area contributed by atoms with Gasteiger partial charge in [0.25, 0.3) is 0 Å². The van der Waals surface area contributed by atoms with Crippen molar-refractivity contribution in [1.82, 2.24) is 9.88 Å². The van der Waals surface area contributed by atoms with Crippen molar-refractivity contribution >= 4 is 39.1 Å². The molecule has 0 spiro atoms. The molecule has 5 nitrogen and oxygen atoms in total. The van der Waals surface area contributed by atoms with E-state index in [4.69, 9.17) is 0 Å². The zero-order valence-electron chi connectivity index (χ0n) is 16.5. The topological polar surface area (TPSA) is 62.3 Å². The number of amides is 2. The molecule has 146 valence electrons. The number of anilines is 1. The first-order chi connectivity index (χ1) is 13.4. The highest BCUT2D eigenvalue weighted by Crippen LogP contribution is 2.23. The van der Waals surface area contributed by atoms with Gasteiger partial charge in [0, 0.05) is 19.2 Å². The monoisotopic (exact) mass is 395 g/mol. The predicted molar refractivity (Wildman–Crippen MR) is 115 cm³/mol. The van der Waals surface area contributed by atoms with E-state index in [2.05, 4.69) is 16.4 Å². The summed E-state index contributed by atoms with van der Waals surface area (Å²) in [6.45, 7) is 4.03. The second-order valence-electron chi connectivity index (χ2n) is 6.97. The number of nitrogens with zero attached hydrogens (tertiary/aromatic N) is 2. The Kier molecular flexibility index (Phi) is 6.41. The third kappa shape index (κ3) is 4.95. The normalized spacial score (nSPS) is 10.8. The summed E-state index contributed by atoms with van der Waals surface area (Å²) in [7, 11) is 1.67. The highest BCUT2D eigenvalue weighted by atomic mass is 32.1. The Morgan fingerprint density at radius 2 is 1.89 bits per heavy atom. The average Bonchev–Trinajstić information content (AvgIpc) is 3.08. The summed E-state index contributed by atoms with van der Waals surface area (Å²) >= 11 is 1.67. The Balaban J connectivity index is 1.46. The van der Waals surface area contributed by atoms with Crippen LogP contribution in [0.15, 0.2) is 42.5 Å². The first-order valence-electron chi connectivity index (χ1n) is 9.38. The zero-order chi connectivity index (χ0) is 20.1. The molecule has 0 aliphatic carbocycles. The van der Waals surface area contributed by atoms with Crippen LogP contribution in [0.25, 0.3) is 10.2 Å². The molecule has 2 aromatic carbocycles. The Morgan fingerprint density at radius 1 is 1.11 bits per heavy atom. The molecule has 3 aromatic rings. The summed E-state index contributed by atoms with van der Waals surface area (Å²) < 4.78 is 1.17. The Hall–Kier alpha value is -2.73. The third-order valence-electron chi connectivity index (χ3n) is 4.80. The lowest BCUT2D eigenvalue weighted by Gasteiger charge is -2.17. The number of benzene rings is 2. The molecular weight excluding hydrogens is 370 g/mol. The molecular formula is C22H25N3O2S. The van der Waals surface area contributed by atoms with E-state index in [-0.39, 0.29) is 18.4 Å². The molecule has 3 rings (SSSR count). The van der Waals surface area contributed by atoms with Crippen LogP contribution in [-0.2, 0) is 16.0 Å². The van der Waals surface area contributed by atoms with Gasteiger partial charge in [-0.3, -0.25) is 9.59 Å². The number of likely N-dealkylation sites (N-methyl/N-ethyl adjacent to an activating group) is 1. The van der Waals surface area contributed by atoms with Crippen molar-refractivity contribution in [3.63, 3.8) is 0 Å². The zero-order valence-corrected chi connectivity index (χ0v) is 17.3. The summed E-state index contributed by atoms with van der Waals surface area (Å²) in [5, 5.41) is 3.94. The molecule has 0 atom stereocenters. The number of para-hydroxylation sites is 1. The minimum Gasteiger partial charge on any atom is -0.336 e. The average molecular weight is 396 g/mol. The van der Waals surface area contributed by atoms with E-state index in [1.165, 1.54) is 9.60 Å². The van der Waals surface area contributed by atoms with E-state index in [1.54, 1.807) is 18.4 Å². The van der Waals surface area contributed by atoms with E-state index in [1.807, 2.05) is 50.2 Å². The molecule has 0 aliphatic rings. The van der Waals surface area contributed by atoms with Gasteiger partial charge in [0.1, 0.15) is 0 Å². The maximum Gasteiger partial charge on any atom is 0.243 e. The van der Waals surface area contributed by atoms with E-state index in [0.717, 1.165) is 40.2 Å². The summed E-state index contributed by atoms with van der Waals surface area (Å²) in [4.78, 5) is 30.7. The smallest absolute Gasteiger partial charge is 0.243 e. The standard InChI is InChI=1S/C22H25N3O2S/c1-15-8-6-10-17(16(15)2)23-20(26)14-25(3)22(27)13-7-12-21-24-18-9-4-5-11-19(18)28-21/h4-6,8-11H,7,12-14H2,1-3H3,(H,23,26). The second kappa shape index (κ2) is 8.97. The number of fused-ring (bicyclic) bond motifs is 1. The number of carbonyl (C=O) groups is 2. The van der Waals surface area contributed by atoms with Crippen LogP contribution < -0.4 is 5.32 Å². The van der Waals surface area contributed by atoms with Crippen LogP contribution in [0.4, 0.5) is 5.69 Å². The van der Waals surface area contributed by atoms with Crippen LogP contribution in [-0.4, -0.2) is 35.3 Å². The van der Waals surface area contributed by atoms with Crippen LogP contribution in [0.5, 0.6) is 0 Å². The van der Waals surface area contributed by atoms with E-state index in [0.29, 0.717) is 6.42 Å². The van der Waals surface area contributed by atoms with Gasteiger partial charge in [-0.25, -0.2) is 4.98 Å². The Morgan fingerprint density at radius 3 is 2.68 bits per heavy atom. The lowest BCUT2D eigenvalue weighted by Crippen LogP contribution is -2.35. The molecule has 0 unspecified atom stereocenters. The van der Waals surface area contributed by atoms with Gasteiger partial charge < -0.3 is 10.2 Å². The van der Waals surface area contributed by atoms with Gasteiger partial charge in [0.05, 0.1) is 21.8 Å². The Bertz CT molecular complexity index is 963. The SMILES string of the molecule is Cc1cccc(NC(=O)CN(C)C(=O)CCCc2nc3ccccc3s2)c1C. The quantitative estimate of drug-likeness (QED) is 0.648. The van der Waals surface area contributed by atoms with Crippen molar-refractivity contribution < 1.29 is 9.59 Å². The number of thiazole rings is 1. The molecule has 0 aliphatic heterocycles. The summed E-state index contributed by atoms with van der Waals surface area (Å²) in [6.07, 6.45) is 1.90. The van der Waals surface area contributed by atoms with Crippen LogP contribution >= 0.6 is 11.3 Å². The molecule has 1 aromatic heterocycles. The molecule has 0 radical (unpaired) electrons. The van der Waals surface area contributed by atoms with Crippen LogP contribution in [0.1, 0.15) is 29.0 Å². The minimum atomic E-state index is -0.185. The molecule has 28 heavy (non-hydrogen) atoms. The van der Waals surface area contributed by atoms with Crippen molar-refractivity contribution in [2.45, 2.75) is 33.1 Å². The lowest BCUT2D eigenvalue weighted by atomic mass is 10.1. The van der Waals surface area contributed by atoms with E-state index >= 15 is 0 Å². The molecule has 1 heterocycles. The molecule has 0 bridgehead atoms. The fourth-order valence-corrected chi connectivity index (χ4v) is 4.00. The van der Waals surface area contributed by atoms with Gasteiger partial charge in [0.2, 0.25) is 11.8 Å². The van der Waals surface area contributed by atoms with Crippen molar-refractivity contribution in [2.75, 3.05) is 18.9 Å². The van der Waals surface area contributed by atoms with E-state index < -0.39 is 0 Å². The van der Waals surface area contributed by atoms with Crippen LogP contribution in [0.2, 0.25) is 0 Å². The number of rotatable bonds is 7. The summed E-state index contributed by atoms with van der Waals surface area (Å²) in [6, 6.07) is 13.8. The summed E-state index contributed by atoms with van der Waals surface area (Å²) in [5.41, 5.74) is 3.97. The van der Waals surface area contributed by atoms with Gasteiger partial charge >= 0.3 is 0 Å². The van der Waals surface area contributed by atoms with Crippen molar-refractivity contribution in [3.05, 3.63) is 58.6 Å². The van der Waals surface area contributed by atoms with Gasteiger partial charge in [-0.2, -0.15) is 0 Å². The molecule has 6 heteroatoms. The maximum atomic E-state index is 12.3. The lowest BCUT2D eigenvalue weighted by molar-refractivity contribution is -0.133. The number of carbonyl (C=O) groups excluding carboxylic acids is 2. The van der Waals surface area contributed by atoms with Crippen LogP contribution in [0.3, 0.4) is 0 Å². The first-order valence-corrected chi connectivity index (χ1v) is 10.2. The fraction of sp³-hybridized carbons (Fsp3) is 0.318. The third-order valence-corrected chi connectivity index (χ3v) is 5.90. The van der Waals surface area contributed by atoms with Crippen LogP contribution in [0, 0.1) is 13.8 Å². The number of hydrogen-bond donors (Lipinski definition) is 1. The highest BCUT2D eigenvalue weighted by Gasteiger charge is 2.14. The minimum absolute atomic E-state index is 0.0303. The second-order valence-corrected chi connectivity index (χ2v) is 8.09. The van der Waals surface area contributed by atoms with E-state index in [9.17, 15) is 9.59 Å². The largest absolute Gasteiger partial charge is 0.336 e. The van der Waals surface area contributed by atoms with Crippen molar-refractivity contribution in [1.29, 1.82) is 0 Å². The fourth-order valence-electron chi connectivity index (χ4n) is 2.99. The first kappa shape index (κ1) is 20.0. The Labute approximate surface area is 169 Å².